The van der Waals surface area contributed by atoms with E-state index in [1.54, 1.807) is 6.20 Å². The number of nitriles is 1. The van der Waals surface area contributed by atoms with Crippen LogP contribution < -0.4 is 5.32 Å². The van der Waals surface area contributed by atoms with Crippen molar-refractivity contribution in [3.63, 3.8) is 0 Å². The van der Waals surface area contributed by atoms with Gasteiger partial charge in [-0.25, -0.2) is 4.98 Å². The third kappa shape index (κ3) is 6.33. The molecule has 1 heterocycles. The zero-order chi connectivity index (χ0) is 13.1. The summed E-state index contributed by atoms with van der Waals surface area (Å²) < 4.78 is 5.47. The van der Waals surface area contributed by atoms with Crippen LogP contribution >= 0.6 is 0 Å². The van der Waals surface area contributed by atoms with Crippen molar-refractivity contribution in [3.8, 4) is 6.07 Å². The van der Waals surface area contributed by atoms with Gasteiger partial charge in [-0.05, 0) is 37.1 Å². The molecule has 1 aromatic rings. The molecular formula is C14H21N3O. The van der Waals surface area contributed by atoms with E-state index in [4.69, 9.17) is 10.00 Å². The number of hydrogen-bond acceptors (Lipinski definition) is 4. The third-order valence-corrected chi connectivity index (χ3v) is 2.55. The lowest BCUT2D eigenvalue weighted by Crippen LogP contribution is -2.16. The molecule has 1 N–H and O–H groups in total. The second-order valence-corrected chi connectivity index (χ2v) is 4.16. The summed E-state index contributed by atoms with van der Waals surface area (Å²) >= 11 is 0. The standard InChI is InChI=1S/C14H21N3O/c1-2-3-8-18-9-4-6-16-12-13-5-7-17-14(10-13)11-15/h5,7,10,16H,2-4,6,8-9,12H2,1H3. The van der Waals surface area contributed by atoms with Crippen molar-refractivity contribution >= 4 is 0 Å². The molecule has 0 atom stereocenters. The summed E-state index contributed by atoms with van der Waals surface area (Å²) in [6.45, 7) is 5.54. The lowest BCUT2D eigenvalue weighted by molar-refractivity contribution is 0.129. The molecule has 0 saturated heterocycles. The molecule has 0 aliphatic rings. The zero-order valence-corrected chi connectivity index (χ0v) is 11.0. The lowest BCUT2D eigenvalue weighted by atomic mass is 10.2. The Labute approximate surface area is 109 Å². The van der Waals surface area contributed by atoms with Crippen molar-refractivity contribution in [2.24, 2.45) is 0 Å². The third-order valence-electron chi connectivity index (χ3n) is 2.55. The van der Waals surface area contributed by atoms with Gasteiger partial charge in [0, 0.05) is 26.0 Å². The lowest BCUT2D eigenvalue weighted by Gasteiger charge is -2.06. The normalized spacial score (nSPS) is 10.2. The van der Waals surface area contributed by atoms with E-state index in [2.05, 4.69) is 17.2 Å². The highest BCUT2D eigenvalue weighted by atomic mass is 16.5. The maximum absolute atomic E-state index is 8.72. The minimum Gasteiger partial charge on any atom is -0.381 e. The van der Waals surface area contributed by atoms with Crippen LogP contribution in [0.2, 0.25) is 0 Å². The Kier molecular flexibility index (Phi) is 7.78. The first-order chi connectivity index (χ1) is 8.86. The zero-order valence-electron chi connectivity index (χ0n) is 11.0. The average molecular weight is 247 g/mol. The highest BCUT2D eigenvalue weighted by Crippen LogP contribution is 2.00. The molecule has 0 spiro atoms. The molecule has 0 bridgehead atoms. The highest BCUT2D eigenvalue weighted by Gasteiger charge is 1.96. The Morgan fingerprint density at radius 2 is 2.22 bits per heavy atom. The van der Waals surface area contributed by atoms with Gasteiger partial charge in [0.1, 0.15) is 11.8 Å². The SMILES string of the molecule is CCCCOCCCNCc1ccnc(C#N)c1. The first-order valence-electron chi connectivity index (χ1n) is 6.50. The summed E-state index contributed by atoms with van der Waals surface area (Å²) in [6.07, 6.45) is 5.01. The number of nitrogens with one attached hydrogen (secondary N) is 1. The van der Waals surface area contributed by atoms with Gasteiger partial charge in [0.25, 0.3) is 0 Å². The van der Waals surface area contributed by atoms with Crippen LogP contribution in [0.1, 0.15) is 37.4 Å². The van der Waals surface area contributed by atoms with Crippen LogP contribution in [0.3, 0.4) is 0 Å². The van der Waals surface area contributed by atoms with Gasteiger partial charge in [-0.1, -0.05) is 13.3 Å². The number of pyridine rings is 1. The molecule has 1 rings (SSSR count). The quantitative estimate of drug-likeness (QED) is 0.680. The van der Waals surface area contributed by atoms with Crippen LogP contribution in [0.4, 0.5) is 0 Å². The molecule has 4 nitrogen and oxygen atoms in total. The van der Waals surface area contributed by atoms with Crippen LogP contribution in [-0.2, 0) is 11.3 Å². The van der Waals surface area contributed by atoms with Gasteiger partial charge in [-0.15, -0.1) is 0 Å². The molecule has 0 unspecified atom stereocenters. The minimum atomic E-state index is 0.470. The van der Waals surface area contributed by atoms with Crippen molar-refractivity contribution in [2.75, 3.05) is 19.8 Å². The number of hydrogen-bond donors (Lipinski definition) is 1. The highest BCUT2D eigenvalue weighted by molar-refractivity contribution is 5.25. The fourth-order valence-electron chi connectivity index (χ4n) is 1.53. The fraction of sp³-hybridized carbons (Fsp3) is 0.571. The molecule has 0 fully saturated rings. The van der Waals surface area contributed by atoms with Gasteiger partial charge in [-0.3, -0.25) is 0 Å². The summed E-state index contributed by atoms with van der Waals surface area (Å²) in [5, 5.41) is 12.1. The number of rotatable bonds is 9. The van der Waals surface area contributed by atoms with Gasteiger partial charge >= 0.3 is 0 Å². The Hall–Kier alpha value is -1.44. The minimum absolute atomic E-state index is 0.470. The number of unbranched alkanes of at least 4 members (excludes halogenated alkanes) is 1. The largest absolute Gasteiger partial charge is 0.381 e. The van der Waals surface area contributed by atoms with Crippen LogP contribution in [0.5, 0.6) is 0 Å². The molecule has 4 heteroatoms. The molecular weight excluding hydrogens is 226 g/mol. The van der Waals surface area contributed by atoms with Crippen molar-refractivity contribution in [1.29, 1.82) is 5.26 Å². The number of aromatic nitrogens is 1. The Morgan fingerprint density at radius 1 is 1.39 bits per heavy atom. The van der Waals surface area contributed by atoms with Gasteiger partial charge < -0.3 is 10.1 Å². The van der Waals surface area contributed by atoms with Crippen LogP contribution in [0.25, 0.3) is 0 Å². The predicted molar refractivity (Wildman–Crippen MR) is 71.0 cm³/mol. The van der Waals surface area contributed by atoms with E-state index in [9.17, 15) is 0 Å². The summed E-state index contributed by atoms with van der Waals surface area (Å²) in [6, 6.07) is 5.77. The van der Waals surface area contributed by atoms with E-state index >= 15 is 0 Å². The van der Waals surface area contributed by atoms with Crippen molar-refractivity contribution in [2.45, 2.75) is 32.7 Å². The van der Waals surface area contributed by atoms with Crippen molar-refractivity contribution in [3.05, 3.63) is 29.6 Å². The monoisotopic (exact) mass is 247 g/mol. The maximum atomic E-state index is 8.72. The summed E-state index contributed by atoms with van der Waals surface area (Å²) in [4.78, 5) is 3.94. The maximum Gasteiger partial charge on any atom is 0.140 e. The van der Waals surface area contributed by atoms with E-state index in [1.807, 2.05) is 18.2 Å². The first-order valence-corrected chi connectivity index (χ1v) is 6.50. The molecule has 18 heavy (non-hydrogen) atoms. The van der Waals surface area contributed by atoms with E-state index < -0.39 is 0 Å². The van der Waals surface area contributed by atoms with Crippen molar-refractivity contribution in [1.82, 2.24) is 10.3 Å². The second-order valence-electron chi connectivity index (χ2n) is 4.16. The molecule has 0 aliphatic carbocycles. The summed E-state index contributed by atoms with van der Waals surface area (Å²) in [5.41, 5.74) is 1.56. The summed E-state index contributed by atoms with van der Waals surface area (Å²) in [5.74, 6) is 0. The Morgan fingerprint density at radius 3 is 3.00 bits per heavy atom. The van der Waals surface area contributed by atoms with Gasteiger partial charge in [0.15, 0.2) is 0 Å². The molecule has 98 valence electrons. The van der Waals surface area contributed by atoms with Crippen LogP contribution in [0.15, 0.2) is 18.3 Å². The topological polar surface area (TPSA) is 57.9 Å². The van der Waals surface area contributed by atoms with E-state index in [-0.39, 0.29) is 0 Å². The van der Waals surface area contributed by atoms with Gasteiger partial charge in [0.05, 0.1) is 0 Å². The Bertz CT molecular complexity index is 374. The van der Waals surface area contributed by atoms with Crippen LogP contribution in [0, 0.1) is 11.3 Å². The first kappa shape index (κ1) is 14.6. The number of nitrogens with zero attached hydrogens (tertiary/aromatic N) is 2. The Balaban J connectivity index is 2.05. The van der Waals surface area contributed by atoms with E-state index in [1.165, 1.54) is 6.42 Å². The summed E-state index contributed by atoms with van der Waals surface area (Å²) in [7, 11) is 0. The molecule has 0 saturated carbocycles. The second kappa shape index (κ2) is 9.58. The van der Waals surface area contributed by atoms with E-state index in [0.29, 0.717) is 5.69 Å². The molecule has 0 radical (unpaired) electrons. The van der Waals surface area contributed by atoms with Gasteiger partial charge in [-0.2, -0.15) is 5.26 Å². The van der Waals surface area contributed by atoms with E-state index in [0.717, 1.165) is 44.7 Å². The average Bonchev–Trinajstić information content (AvgIpc) is 2.42. The van der Waals surface area contributed by atoms with Crippen molar-refractivity contribution < 1.29 is 4.74 Å². The molecule has 0 amide bonds. The smallest absolute Gasteiger partial charge is 0.140 e. The fourth-order valence-corrected chi connectivity index (χ4v) is 1.53. The predicted octanol–water partition coefficient (Wildman–Crippen LogP) is 2.25. The molecule has 0 aromatic carbocycles. The van der Waals surface area contributed by atoms with Crippen LogP contribution in [-0.4, -0.2) is 24.7 Å². The molecule has 1 aromatic heterocycles. The number of ether oxygens (including phenoxy) is 1. The molecule has 0 aliphatic heterocycles. The van der Waals surface area contributed by atoms with Gasteiger partial charge in [0.2, 0.25) is 0 Å².